The first kappa shape index (κ1) is 29.6. The van der Waals surface area contributed by atoms with E-state index in [0.717, 1.165) is 12.8 Å². The molecule has 2 amide bonds. The minimum atomic E-state index is -2.67. The van der Waals surface area contributed by atoms with Gasteiger partial charge in [0.25, 0.3) is 11.8 Å². The number of amides is 2. The van der Waals surface area contributed by atoms with Crippen molar-refractivity contribution in [2.24, 2.45) is 17.3 Å². The number of nitrogens with one attached hydrogen (secondary N) is 1. The molecule has 3 atom stereocenters. The molecule has 4 aliphatic rings. The van der Waals surface area contributed by atoms with Gasteiger partial charge in [0.05, 0.1) is 11.6 Å². The lowest BCUT2D eigenvalue weighted by atomic mass is 9.72. The maximum atomic E-state index is 14.2. The van der Waals surface area contributed by atoms with Crippen LogP contribution in [0.4, 0.5) is 19.0 Å². The lowest BCUT2D eigenvalue weighted by Crippen LogP contribution is -2.62. The summed E-state index contributed by atoms with van der Waals surface area (Å²) in [5.41, 5.74) is 0.0784. The van der Waals surface area contributed by atoms with Crippen LogP contribution in [-0.2, 0) is 4.79 Å². The van der Waals surface area contributed by atoms with E-state index in [1.54, 1.807) is 4.90 Å². The first-order chi connectivity index (χ1) is 20.5. The molecule has 10 nitrogen and oxygen atoms in total. The summed E-state index contributed by atoms with van der Waals surface area (Å²) in [4.78, 5) is 36.4. The van der Waals surface area contributed by atoms with E-state index in [2.05, 4.69) is 20.5 Å². The normalized spacial score (nSPS) is 25.5. The summed E-state index contributed by atoms with van der Waals surface area (Å²) in [5, 5.41) is 11.2. The highest BCUT2D eigenvalue weighted by Gasteiger charge is 2.55. The minimum Gasteiger partial charge on any atom is -0.434 e. The predicted molar refractivity (Wildman–Crippen MR) is 152 cm³/mol. The molecule has 13 heteroatoms. The molecule has 0 radical (unpaired) electrons. The van der Waals surface area contributed by atoms with Gasteiger partial charge >= 0.3 is 0 Å². The van der Waals surface area contributed by atoms with Gasteiger partial charge in [-0.15, -0.1) is 10.2 Å². The number of hydrogen-bond donors (Lipinski definition) is 1. The van der Waals surface area contributed by atoms with Gasteiger partial charge in [-0.2, -0.15) is 0 Å². The number of piperidine rings is 1. The van der Waals surface area contributed by atoms with E-state index in [9.17, 15) is 22.8 Å². The topological polar surface area (TPSA) is 104 Å². The van der Waals surface area contributed by atoms with Crippen LogP contribution in [0.15, 0.2) is 24.5 Å². The van der Waals surface area contributed by atoms with Crippen LogP contribution in [0.1, 0.15) is 56.8 Å². The van der Waals surface area contributed by atoms with Gasteiger partial charge in [0.15, 0.2) is 5.82 Å². The van der Waals surface area contributed by atoms with Crippen molar-refractivity contribution in [3.05, 3.63) is 35.9 Å². The zero-order valence-corrected chi connectivity index (χ0v) is 24.7. The number of hydrogen-bond acceptors (Lipinski definition) is 8. The number of anilines is 1. The second-order valence-electron chi connectivity index (χ2n) is 12.8. The molecule has 3 saturated heterocycles. The number of carbonyl (C=O) groups excluding carboxylic acids is 2. The first-order valence-electron chi connectivity index (χ1n) is 15.1. The number of nitrogens with zero attached hydrogens (tertiary/aromatic N) is 6. The smallest absolute Gasteiger partial charge is 0.282 e. The van der Waals surface area contributed by atoms with Crippen LogP contribution in [0.2, 0.25) is 0 Å². The summed E-state index contributed by atoms with van der Waals surface area (Å²) in [6.45, 7) is 9.08. The Labute approximate surface area is 249 Å². The van der Waals surface area contributed by atoms with Gasteiger partial charge in [-0.05, 0) is 70.2 Å². The van der Waals surface area contributed by atoms with Crippen LogP contribution in [-0.4, -0.2) is 94.1 Å². The Hall–Kier alpha value is -3.48. The third-order valence-corrected chi connectivity index (χ3v) is 9.66. The van der Waals surface area contributed by atoms with Gasteiger partial charge < -0.3 is 24.8 Å². The number of ether oxygens (including phenoxy) is 1. The number of fused-ring (bicyclic) bond motifs is 1. The lowest BCUT2D eigenvalue weighted by molar-refractivity contribution is -0.137. The summed E-state index contributed by atoms with van der Waals surface area (Å²) < 4.78 is 48.2. The number of likely N-dealkylation sites (tertiary alicyclic amines) is 1. The molecule has 6 rings (SSSR count). The first-order valence-corrected chi connectivity index (χ1v) is 15.1. The quantitative estimate of drug-likeness (QED) is 0.512. The highest BCUT2D eigenvalue weighted by Crippen LogP contribution is 2.48. The summed E-state index contributed by atoms with van der Waals surface area (Å²) >= 11 is 0. The van der Waals surface area contributed by atoms with Gasteiger partial charge in [0, 0.05) is 57.0 Å². The molecule has 1 aliphatic carbocycles. The second kappa shape index (κ2) is 11.2. The third kappa shape index (κ3) is 5.63. The average Bonchev–Trinajstić information content (AvgIpc) is 3.47. The van der Waals surface area contributed by atoms with E-state index in [4.69, 9.17) is 4.74 Å². The molecule has 1 spiro atoms. The second-order valence-corrected chi connectivity index (χ2v) is 12.8. The molecule has 43 heavy (non-hydrogen) atoms. The van der Waals surface area contributed by atoms with Gasteiger partial charge in [-0.1, -0.05) is 0 Å². The van der Waals surface area contributed by atoms with Crippen LogP contribution in [0.5, 0.6) is 11.6 Å². The Morgan fingerprint density at radius 2 is 1.93 bits per heavy atom. The van der Waals surface area contributed by atoms with Gasteiger partial charge in [0.2, 0.25) is 11.8 Å². The van der Waals surface area contributed by atoms with Gasteiger partial charge in [0.1, 0.15) is 17.9 Å². The molecule has 1 aromatic heterocycles. The van der Waals surface area contributed by atoms with Crippen molar-refractivity contribution >= 4 is 17.6 Å². The van der Waals surface area contributed by atoms with Gasteiger partial charge in [-0.25, -0.2) is 18.2 Å². The van der Waals surface area contributed by atoms with Crippen molar-refractivity contribution in [2.45, 2.75) is 64.5 Å². The molecule has 232 valence electrons. The number of carbonyl (C=O) groups is 2. The fraction of sp³-hybridized carbons (Fsp3) is 0.633. The van der Waals surface area contributed by atoms with Crippen molar-refractivity contribution in [3.63, 3.8) is 0 Å². The molecular formula is C30H38F3N7O3. The molecule has 4 fully saturated rings. The zero-order chi connectivity index (χ0) is 30.5. The highest BCUT2D eigenvalue weighted by atomic mass is 19.3. The molecule has 3 aliphatic heterocycles. The SMILES string of the molecule is CCN(C(=O)c1cc(F)ccc1Oc1nncnc1N1CC2(CCN(C(=O)C3NCC4CC(F)(F)CC43)CC2)C1)C(C)C. The maximum absolute atomic E-state index is 14.2. The molecule has 4 heterocycles. The maximum Gasteiger partial charge on any atom is 0.282 e. The van der Waals surface area contributed by atoms with Crippen LogP contribution in [0.3, 0.4) is 0 Å². The van der Waals surface area contributed by atoms with Crippen molar-refractivity contribution in [2.75, 3.05) is 44.2 Å². The van der Waals surface area contributed by atoms with Crippen molar-refractivity contribution < 1.29 is 27.5 Å². The highest BCUT2D eigenvalue weighted by molar-refractivity contribution is 5.97. The van der Waals surface area contributed by atoms with Crippen LogP contribution in [0, 0.1) is 23.1 Å². The summed E-state index contributed by atoms with van der Waals surface area (Å²) in [6, 6.07) is 3.20. The van der Waals surface area contributed by atoms with Crippen LogP contribution in [0.25, 0.3) is 0 Å². The fourth-order valence-corrected chi connectivity index (χ4v) is 7.37. The van der Waals surface area contributed by atoms with Crippen molar-refractivity contribution in [1.29, 1.82) is 0 Å². The molecule has 1 N–H and O–H groups in total. The summed E-state index contributed by atoms with van der Waals surface area (Å²) in [5.74, 6) is -3.30. The van der Waals surface area contributed by atoms with Crippen LogP contribution < -0.4 is 15.0 Å². The van der Waals surface area contributed by atoms with Crippen LogP contribution >= 0.6 is 0 Å². The fourth-order valence-electron chi connectivity index (χ4n) is 7.37. The Bertz CT molecular complexity index is 1380. The molecule has 2 aromatic rings. The predicted octanol–water partition coefficient (Wildman–Crippen LogP) is 3.74. The third-order valence-electron chi connectivity index (χ3n) is 9.66. The number of benzene rings is 1. The lowest BCUT2D eigenvalue weighted by Gasteiger charge is -2.54. The standard InChI is InChI=1S/C30H38F3N7O3/c1-4-40(18(2)3)27(41)21-11-20(31)5-6-23(21)43-26-25(35-17-36-37-26)39-15-29(16-39)7-9-38(10-8-29)28(42)24-22-13-30(32,33)12-19(22)14-34-24/h5-6,11,17-19,22,24,34H,4,7-10,12-16H2,1-3H3. The van der Waals surface area contributed by atoms with E-state index >= 15 is 0 Å². The monoisotopic (exact) mass is 601 g/mol. The minimum absolute atomic E-state index is 0.0130. The summed E-state index contributed by atoms with van der Waals surface area (Å²) in [7, 11) is 0. The molecule has 1 saturated carbocycles. The Morgan fingerprint density at radius 1 is 1.19 bits per heavy atom. The van der Waals surface area contributed by atoms with E-state index < -0.39 is 17.8 Å². The van der Waals surface area contributed by atoms with E-state index in [0.29, 0.717) is 45.1 Å². The van der Waals surface area contributed by atoms with E-state index in [-0.39, 0.29) is 65.1 Å². The number of rotatable bonds is 7. The average molecular weight is 602 g/mol. The molecule has 0 bridgehead atoms. The van der Waals surface area contributed by atoms with E-state index in [1.165, 1.54) is 24.5 Å². The largest absolute Gasteiger partial charge is 0.434 e. The Kier molecular flexibility index (Phi) is 7.72. The van der Waals surface area contributed by atoms with E-state index in [1.807, 2.05) is 30.6 Å². The Balaban J connectivity index is 1.10. The van der Waals surface area contributed by atoms with Crippen molar-refractivity contribution in [1.82, 2.24) is 30.3 Å². The van der Waals surface area contributed by atoms with Crippen molar-refractivity contribution in [3.8, 4) is 11.6 Å². The molecule has 1 aromatic carbocycles. The number of halogens is 3. The molecular weight excluding hydrogens is 563 g/mol. The van der Waals surface area contributed by atoms with Gasteiger partial charge in [-0.3, -0.25) is 9.59 Å². The number of alkyl halides is 2. The Morgan fingerprint density at radius 3 is 2.63 bits per heavy atom. The zero-order valence-electron chi connectivity index (χ0n) is 24.7. The molecule has 3 unspecified atom stereocenters. The summed E-state index contributed by atoms with van der Waals surface area (Å²) in [6.07, 6.45) is 2.56. The number of aromatic nitrogens is 3.